The SMILES string of the molecule is Oc1cc(I)cc(OCCBr)c1. The molecule has 0 amide bonds. The highest BCUT2D eigenvalue weighted by Gasteiger charge is 1.97. The summed E-state index contributed by atoms with van der Waals surface area (Å²) in [7, 11) is 0. The molecule has 0 saturated heterocycles. The van der Waals surface area contributed by atoms with Gasteiger partial charge in [-0.05, 0) is 34.7 Å². The van der Waals surface area contributed by atoms with Crippen molar-refractivity contribution in [3.05, 3.63) is 21.8 Å². The van der Waals surface area contributed by atoms with Crippen molar-refractivity contribution in [3.8, 4) is 11.5 Å². The van der Waals surface area contributed by atoms with Crippen molar-refractivity contribution in [2.75, 3.05) is 11.9 Å². The van der Waals surface area contributed by atoms with Crippen LogP contribution in [0.2, 0.25) is 0 Å². The molecule has 0 spiro atoms. The van der Waals surface area contributed by atoms with Crippen LogP contribution in [0.1, 0.15) is 0 Å². The van der Waals surface area contributed by atoms with Gasteiger partial charge in [-0.1, -0.05) is 15.9 Å². The van der Waals surface area contributed by atoms with Crippen molar-refractivity contribution in [1.82, 2.24) is 0 Å². The molecule has 1 rings (SSSR count). The molecular weight excluding hydrogens is 335 g/mol. The quantitative estimate of drug-likeness (QED) is 0.676. The van der Waals surface area contributed by atoms with Crippen molar-refractivity contribution in [2.24, 2.45) is 0 Å². The monoisotopic (exact) mass is 342 g/mol. The first-order valence-electron chi connectivity index (χ1n) is 3.40. The van der Waals surface area contributed by atoms with Crippen LogP contribution in [0.25, 0.3) is 0 Å². The van der Waals surface area contributed by atoms with Crippen LogP contribution >= 0.6 is 38.5 Å². The molecule has 0 aliphatic rings. The second-order valence-electron chi connectivity index (χ2n) is 2.18. The third-order valence-corrected chi connectivity index (χ3v) is 2.15. The van der Waals surface area contributed by atoms with E-state index in [0.29, 0.717) is 12.4 Å². The second kappa shape index (κ2) is 4.91. The van der Waals surface area contributed by atoms with Gasteiger partial charge in [0.1, 0.15) is 11.5 Å². The first-order valence-corrected chi connectivity index (χ1v) is 5.60. The maximum absolute atomic E-state index is 9.20. The standard InChI is InChI=1S/C8H8BrIO2/c9-1-2-12-8-4-6(10)3-7(11)5-8/h3-5,11H,1-2H2. The number of hydrogen-bond donors (Lipinski definition) is 1. The number of phenols is 1. The molecule has 12 heavy (non-hydrogen) atoms. The molecule has 0 fully saturated rings. The zero-order chi connectivity index (χ0) is 8.97. The van der Waals surface area contributed by atoms with Gasteiger partial charge in [0, 0.05) is 15.0 Å². The normalized spacial score (nSPS) is 9.83. The highest BCUT2D eigenvalue weighted by molar-refractivity contribution is 14.1. The third kappa shape index (κ3) is 3.18. The van der Waals surface area contributed by atoms with Gasteiger partial charge >= 0.3 is 0 Å². The summed E-state index contributed by atoms with van der Waals surface area (Å²) in [5, 5.41) is 9.99. The fourth-order valence-electron chi connectivity index (χ4n) is 0.788. The second-order valence-corrected chi connectivity index (χ2v) is 4.22. The van der Waals surface area contributed by atoms with Gasteiger partial charge < -0.3 is 9.84 Å². The Morgan fingerprint density at radius 3 is 2.75 bits per heavy atom. The van der Waals surface area contributed by atoms with E-state index in [-0.39, 0.29) is 5.75 Å². The lowest BCUT2D eigenvalue weighted by molar-refractivity contribution is 0.342. The minimum atomic E-state index is 0.242. The highest BCUT2D eigenvalue weighted by Crippen LogP contribution is 2.22. The summed E-state index contributed by atoms with van der Waals surface area (Å²) in [4.78, 5) is 0. The van der Waals surface area contributed by atoms with E-state index in [9.17, 15) is 5.11 Å². The predicted molar refractivity (Wildman–Crippen MR) is 60.1 cm³/mol. The molecule has 1 N–H and O–H groups in total. The van der Waals surface area contributed by atoms with Gasteiger partial charge in [0.05, 0.1) is 6.61 Å². The molecule has 2 nitrogen and oxygen atoms in total. The Kier molecular flexibility index (Phi) is 4.14. The molecule has 0 atom stereocenters. The molecule has 4 heteroatoms. The fourth-order valence-corrected chi connectivity index (χ4v) is 1.58. The van der Waals surface area contributed by atoms with E-state index >= 15 is 0 Å². The minimum absolute atomic E-state index is 0.242. The van der Waals surface area contributed by atoms with Gasteiger partial charge in [-0.2, -0.15) is 0 Å². The number of halogens is 2. The number of aromatic hydroxyl groups is 1. The molecule has 0 radical (unpaired) electrons. The molecule has 0 heterocycles. The molecule has 0 aliphatic carbocycles. The van der Waals surface area contributed by atoms with Crippen LogP contribution in [0, 0.1) is 3.57 Å². The van der Waals surface area contributed by atoms with Crippen molar-refractivity contribution >= 4 is 38.5 Å². The van der Waals surface area contributed by atoms with Crippen LogP contribution < -0.4 is 4.74 Å². The molecule has 0 aliphatic heterocycles. The average Bonchev–Trinajstić information content (AvgIpc) is 1.99. The lowest BCUT2D eigenvalue weighted by Crippen LogP contribution is -1.97. The Hall–Kier alpha value is 0.0300. The van der Waals surface area contributed by atoms with Gasteiger partial charge in [-0.15, -0.1) is 0 Å². The lowest BCUT2D eigenvalue weighted by atomic mass is 10.3. The van der Waals surface area contributed by atoms with Gasteiger partial charge in [-0.3, -0.25) is 0 Å². The Morgan fingerprint density at radius 2 is 2.17 bits per heavy atom. The Labute approximate surface area is 93.2 Å². The summed E-state index contributed by atoms with van der Waals surface area (Å²) in [6, 6.07) is 5.16. The smallest absolute Gasteiger partial charge is 0.124 e. The van der Waals surface area contributed by atoms with E-state index in [2.05, 4.69) is 38.5 Å². The van der Waals surface area contributed by atoms with Crippen LogP contribution in [-0.4, -0.2) is 17.0 Å². The van der Waals surface area contributed by atoms with Gasteiger partial charge in [0.2, 0.25) is 0 Å². The van der Waals surface area contributed by atoms with E-state index in [4.69, 9.17) is 4.74 Å². The van der Waals surface area contributed by atoms with Crippen molar-refractivity contribution < 1.29 is 9.84 Å². The van der Waals surface area contributed by atoms with Crippen LogP contribution in [0.3, 0.4) is 0 Å². The summed E-state index contributed by atoms with van der Waals surface area (Å²) >= 11 is 5.39. The summed E-state index contributed by atoms with van der Waals surface area (Å²) in [5.74, 6) is 0.949. The Bertz CT molecular complexity index is 245. The molecule has 0 bridgehead atoms. The number of phenolic OH excluding ortho intramolecular Hbond substituents is 1. The minimum Gasteiger partial charge on any atom is -0.508 e. The maximum atomic E-state index is 9.20. The maximum Gasteiger partial charge on any atom is 0.124 e. The molecule has 0 saturated carbocycles. The lowest BCUT2D eigenvalue weighted by Gasteiger charge is -2.04. The zero-order valence-corrected chi connectivity index (χ0v) is 10.0. The largest absolute Gasteiger partial charge is 0.508 e. The van der Waals surface area contributed by atoms with Crippen molar-refractivity contribution in [3.63, 3.8) is 0 Å². The first-order chi connectivity index (χ1) is 5.72. The van der Waals surface area contributed by atoms with E-state index in [1.807, 2.05) is 6.07 Å². The number of hydrogen-bond acceptors (Lipinski definition) is 2. The van der Waals surface area contributed by atoms with Crippen LogP contribution in [-0.2, 0) is 0 Å². The van der Waals surface area contributed by atoms with E-state index in [1.54, 1.807) is 12.1 Å². The summed E-state index contributed by atoms with van der Waals surface area (Å²) in [6.45, 7) is 0.611. The number of rotatable bonds is 3. The van der Waals surface area contributed by atoms with Crippen LogP contribution in [0.15, 0.2) is 18.2 Å². The van der Waals surface area contributed by atoms with Crippen LogP contribution in [0.4, 0.5) is 0 Å². The summed E-state index contributed by atoms with van der Waals surface area (Å²) < 4.78 is 6.27. The summed E-state index contributed by atoms with van der Waals surface area (Å²) in [5.41, 5.74) is 0. The number of benzene rings is 1. The molecular formula is C8H8BrIO2. The third-order valence-electron chi connectivity index (χ3n) is 1.20. The van der Waals surface area contributed by atoms with E-state index in [1.165, 1.54) is 0 Å². The Balaban J connectivity index is 2.72. The molecule has 66 valence electrons. The van der Waals surface area contributed by atoms with Crippen molar-refractivity contribution in [1.29, 1.82) is 0 Å². The average molecular weight is 343 g/mol. The number of ether oxygens (including phenoxy) is 1. The fraction of sp³-hybridized carbons (Fsp3) is 0.250. The van der Waals surface area contributed by atoms with Gasteiger partial charge in [0.25, 0.3) is 0 Å². The van der Waals surface area contributed by atoms with Gasteiger partial charge in [-0.25, -0.2) is 0 Å². The van der Waals surface area contributed by atoms with Crippen LogP contribution in [0.5, 0.6) is 11.5 Å². The molecule has 1 aromatic carbocycles. The van der Waals surface area contributed by atoms with Crippen molar-refractivity contribution in [2.45, 2.75) is 0 Å². The molecule has 0 aromatic heterocycles. The number of alkyl halides is 1. The highest BCUT2D eigenvalue weighted by atomic mass is 127. The topological polar surface area (TPSA) is 29.5 Å². The van der Waals surface area contributed by atoms with E-state index in [0.717, 1.165) is 8.90 Å². The summed E-state index contributed by atoms with van der Waals surface area (Å²) in [6.07, 6.45) is 0. The first kappa shape index (κ1) is 10.1. The van der Waals surface area contributed by atoms with E-state index < -0.39 is 0 Å². The molecule has 1 aromatic rings. The van der Waals surface area contributed by atoms with Gasteiger partial charge in [0.15, 0.2) is 0 Å². The Morgan fingerprint density at radius 1 is 1.42 bits per heavy atom. The zero-order valence-electron chi connectivity index (χ0n) is 6.26. The molecule has 0 unspecified atom stereocenters. The predicted octanol–water partition coefficient (Wildman–Crippen LogP) is 2.77.